The molecule has 1 saturated carbocycles. The van der Waals surface area contributed by atoms with Gasteiger partial charge in [-0.1, -0.05) is 36.1 Å². The Morgan fingerprint density at radius 3 is 2.82 bits per heavy atom. The van der Waals surface area contributed by atoms with Crippen molar-refractivity contribution in [2.24, 2.45) is 0 Å². The molecule has 0 bridgehead atoms. The van der Waals surface area contributed by atoms with E-state index in [1.807, 2.05) is 30.3 Å². The molecular formula is C16H21N5O. The predicted molar refractivity (Wildman–Crippen MR) is 82.9 cm³/mol. The van der Waals surface area contributed by atoms with E-state index in [1.165, 1.54) is 25.7 Å². The average molecular weight is 299 g/mol. The van der Waals surface area contributed by atoms with Crippen LogP contribution in [0.15, 0.2) is 30.3 Å². The van der Waals surface area contributed by atoms with Gasteiger partial charge in [0.05, 0.1) is 11.3 Å². The van der Waals surface area contributed by atoms with Gasteiger partial charge < -0.3 is 10.1 Å². The van der Waals surface area contributed by atoms with E-state index >= 15 is 0 Å². The molecule has 2 aliphatic rings. The van der Waals surface area contributed by atoms with Crippen LogP contribution in [0.3, 0.4) is 0 Å². The van der Waals surface area contributed by atoms with Gasteiger partial charge in [0.1, 0.15) is 0 Å². The van der Waals surface area contributed by atoms with Gasteiger partial charge in [-0.05, 0) is 48.2 Å². The molecule has 1 aromatic carbocycles. The molecule has 1 spiro atoms. The van der Waals surface area contributed by atoms with Gasteiger partial charge in [0.15, 0.2) is 0 Å². The summed E-state index contributed by atoms with van der Waals surface area (Å²) in [6, 6.07) is 10.4. The number of nitrogens with one attached hydrogen (secondary N) is 1. The van der Waals surface area contributed by atoms with E-state index in [0.29, 0.717) is 12.0 Å². The number of hydrogen-bond acceptors (Lipinski definition) is 5. The molecule has 6 heteroatoms. The predicted octanol–water partition coefficient (Wildman–Crippen LogP) is 2.57. The van der Waals surface area contributed by atoms with Crippen molar-refractivity contribution >= 4 is 5.95 Å². The van der Waals surface area contributed by atoms with Crippen molar-refractivity contribution in [2.45, 2.75) is 50.2 Å². The number of anilines is 1. The van der Waals surface area contributed by atoms with E-state index in [9.17, 15) is 0 Å². The number of rotatable bonds is 3. The van der Waals surface area contributed by atoms with Crippen LogP contribution in [0.25, 0.3) is 5.69 Å². The van der Waals surface area contributed by atoms with Crippen LogP contribution in [-0.4, -0.2) is 38.5 Å². The van der Waals surface area contributed by atoms with Crippen molar-refractivity contribution in [1.29, 1.82) is 0 Å². The van der Waals surface area contributed by atoms with E-state index < -0.39 is 0 Å². The molecule has 6 nitrogen and oxygen atoms in total. The standard InChI is InChI=1S/C16H21N5O/c1-2-6-14(7-3-1)21-15(18-19-20-21)17-13-8-11-22-16(12-13)9-4-5-10-16/h1-3,6-7,13H,4-5,8-12H2,(H,17,18,20). The van der Waals surface area contributed by atoms with Crippen LogP contribution >= 0.6 is 0 Å². The lowest BCUT2D eigenvalue weighted by atomic mass is 9.89. The van der Waals surface area contributed by atoms with Gasteiger partial charge in [0.25, 0.3) is 0 Å². The fourth-order valence-electron chi connectivity index (χ4n) is 3.72. The Labute approximate surface area is 129 Å². The first kappa shape index (κ1) is 13.7. The molecule has 1 unspecified atom stereocenters. The molecule has 0 radical (unpaired) electrons. The Hall–Kier alpha value is -1.95. The molecule has 22 heavy (non-hydrogen) atoms. The topological polar surface area (TPSA) is 64.9 Å². The van der Waals surface area contributed by atoms with Crippen LogP contribution in [0.5, 0.6) is 0 Å². The Balaban J connectivity index is 1.51. The second kappa shape index (κ2) is 5.68. The maximum absolute atomic E-state index is 6.09. The first-order chi connectivity index (χ1) is 10.8. The number of para-hydroxylation sites is 1. The van der Waals surface area contributed by atoms with E-state index in [1.54, 1.807) is 4.68 Å². The Bertz CT molecular complexity index is 620. The molecule has 1 N–H and O–H groups in total. The van der Waals surface area contributed by atoms with Crippen LogP contribution in [0, 0.1) is 0 Å². The molecule has 1 saturated heterocycles. The van der Waals surface area contributed by atoms with E-state index in [0.717, 1.165) is 25.1 Å². The van der Waals surface area contributed by atoms with Crippen LogP contribution in [0.2, 0.25) is 0 Å². The van der Waals surface area contributed by atoms with Crippen LogP contribution < -0.4 is 5.32 Å². The van der Waals surface area contributed by atoms with Gasteiger partial charge in [-0.3, -0.25) is 0 Å². The zero-order valence-electron chi connectivity index (χ0n) is 12.6. The van der Waals surface area contributed by atoms with E-state index in [-0.39, 0.29) is 5.60 Å². The number of nitrogens with zero attached hydrogens (tertiary/aromatic N) is 4. The Morgan fingerprint density at radius 1 is 1.18 bits per heavy atom. The molecule has 1 aliphatic carbocycles. The smallest absolute Gasteiger partial charge is 0.247 e. The highest BCUT2D eigenvalue weighted by Gasteiger charge is 2.40. The summed E-state index contributed by atoms with van der Waals surface area (Å²) in [5.74, 6) is 0.714. The summed E-state index contributed by atoms with van der Waals surface area (Å²) in [6.07, 6.45) is 7.00. The zero-order valence-corrected chi connectivity index (χ0v) is 12.6. The van der Waals surface area contributed by atoms with Crippen molar-refractivity contribution in [1.82, 2.24) is 20.2 Å². The molecule has 2 heterocycles. The third kappa shape index (κ3) is 2.59. The van der Waals surface area contributed by atoms with Gasteiger partial charge in [-0.25, -0.2) is 0 Å². The van der Waals surface area contributed by atoms with Crippen molar-refractivity contribution in [3.63, 3.8) is 0 Å². The molecule has 0 amide bonds. The van der Waals surface area contributed by atoms with Crippen LogP contribution in [0.1, 0.15) is 38.5 Å². The minimum Gasteiger partial charge on any atom is -0.375 e. The highest BCUT2D eigenvalue weighted by atomic mass is 16.5. The number of aromatic nitrogens is 4. The van der Waals surface area contributed by atoms with E-state index in [4.69, 9.17) is 4.74 Å². The van der Waals surface area contributed by atoms with Crippen molar-refractivity contribution in [3.05, 3.63) is 30.3 Å². The average Bonchev–Trinajstić information content (AvgIpc) is 3.18. The summed E-state index contributed by atoms with van der Waals surface area (Å²) in [6.45, 7) is 0.824. The lowest BCUT2D eigenvalue weighted by molar-refractivity contribution is -0.0767. The molecule has 1 aromatic heterocycles. The van der Waals surface area contributed by atoms with Crippen molar-refractivity contribution in [3.8, 4) is 5.69 Å². The molecule has 2 fully saturated rings. The van der Waals surface area contributed by atoms with Crippen molar-refractivity contribution < 1.29 is 4.74 Å². The third-order valence-electron chi connectivity index (χ3n) is 4.81. The first-order valence-corrected chi connectivity index (χ1v) is 8.09. The number of tetrazole rings is 1. The summed E-state index contributed by atoms with van der Waals surface area (Å²) in [4.78, 5) is 0. The molecule has 1 atom stereocenters. The molecule has 116 valence electrons. The SMILES string of the molecule is c1ccc(-n2nnnc2NC2CCOC3(CCCC3)C2)cc1. The van der Waals surface area contributed by atoms with Gasteiger partial charge in [-0.15, -0.1) is 0 Å². The molecule has 4 rings (SSSR count). The third-order valence-corrected chi connectivity index (χ3v) is 4.81. The zero-order chi connectivity index (χ0) is 14.8. The minimum atomic E-state index is 0.0982. The molecule has 2 aromatic rings. The largest absolute Gasteiger partial charge is 0.375 e. The van der Waals surface area contributed by atoms with Gasteiger partial charge in [-0.2, -0.15) is 4.68 Å². The van der Waals surface area contributed by atoms with Gasteiger partial charge >= 0.3 is 0 Å². The number of benzene rings is 1. The van der Waals surface area contributed by atoms with E-state index in [2.05, 4.69) is 20.8 Å². The van der Waals surface area contributed by atoms with Crippen molar-refractivity contribution in [2.75, 3.05) is 11.9 Å². The van der Waals surface area contributed by atoms with Crippen LogP contribution in [0.4, 0.5) is 5.95 Å². The summed E-state index contributed by atoms with van der Waals surface area (Å²) in [5.41, 5.74) is 1.07. The summed E-state index contributed by atoms with van der Waals surface area (Å²) in [5, 5.41) is 15.6. The fraction of sp³-hybridized carbons (Fsp3) is 0.562. The second-order valence-electron chi connectivity index (χ2n) is 6.32. The Kier molecular flexibility index (Phi) is 3.54. The summed E-state index contributed by atoms with van der Waals surface area (Å²) < 4.78 is 7.85. The number of ether oxygens (including phenoxy) is 1. The first-order valence-electron chi connectivity index (χ1n) is 8.09. The van der Waals surface area contributed by atoms with Gasteiger partial charge in [0, 0.05) is 12.6 Å². The quantitative estimate of drug-likeness (QED) is 0.943. The van der Waals surface area contributed by atoms with Gasteiger partial charge in [0.2, 0.25) is 5.95 Å². The monoisotopic (exact) mass is 299 g/mol. The normalized spacial score (nSPS) is 23.7. The highest BCUT2D eigenvalue weighted by Crippen LogP contribution is 2.40. The summed E-state index contributed by atoms with van der Waals surface area (Å²) in [7, 11) is 0. The second-order valence-corrected chi connectivity index (χ2v) is 6.32. The number of hydrogen-bond donors (Lipinski definition) is 1. The summed E-state index contributed by atoms with van der Waals surface area (Å²) >= 11 is 0. The molecule has 1 aliphatic heterocycles. The highest BCUT2D eigenvalue weighted by molar-refractivity contribution is 5.39. The molecular weight excluding hydrogens is 278 g/mol. The Morgan fingerprint density at radius 2 is 2.00 bits per heavy atom. The van der Waals surface area contributed by atoms with Crippen LogP contribution in [-0.2, 0) is 4.74 Å². The maximum atomic E-state index is 6.09. The lowest BCUT2D eigenvalue weighted by Crippen LogP contribution is -2.42. The minimum absolute atomic E-state index is 0.0982. The lowest BCUT2D eigenvalue weighted by Gasteiger charge is -2.38. The maximum Gasteiger partial charge on any atom is 0.247 e. The fourth-order valence-corrected chi connectivity index (χ4v) is 3.72.